The second kappa shape index (κ2) is 5.77. The van der Waals surface area contributed by atoms with Gasteiger partial charge in [-0.05, 0) is 24.6 Å². The summed E-state index contributed by atoms with van der Waals surface area (Å²) in [6, 6.07) is 3.95. The second-order valence-electron chi connectivity index (χ2n) is 3.91. The lowest BCUT2D eigenvalue weighted by Crippen LogP contribution is -2.24. The zero-order valence-corrected chi connectivity index (χ0v) is 12.4. The average Bonchev–Trinajstić information content (AvgIpc) is 2.29. The molecular formula is C10H14N2O6S2. The van der Waals surface area contributed by atoms with Gasteiger partial charge in [-0.2, -0.15) is 0 Å². The molecule has 0 bridgehead atoms. The van der Waals surface area contributed by atoms with Gasteiger partial charge in [-0.1, -0.05) is 6.07 Å². The maximum absolute atomic E-state index is 11.7. The summed E-state index contributed by atoms with van der Waals surface area (Å²) in [5.41, 5.74) is 0.170. The first-order chi connectivity index (χ1) is 9.07. The van der Waals surface area contributed by atoms with E-state index in [9.17, 15) is 21.6 Å². The van der Waals surface area contributed by atoms with Crippen molar-refractivity contribution in [3.63, 3.8) is 0 Å². The van der Waals surface area contributed by atoms with E-state index in [1.54, 1.807) is 0 Å². The summed E-state index contributed by atoms with van der Waals surface area (Å²) in [6.45, 7) is 1.40. The third-order valence-corrected chi connectivity index (χ3v) is 4.59. The molecule has 112 valence electrons. The number of primary sulfonamides is 1. The quantitative estimate of drug-likeness (QED) is 0.706. The van der Waals surface area contributed by atoms with Crippen molar-refractivity contribution in [3.8, 4) is 0 Å². The number of hydrogen-bond acceptors (Lipinski definition) is 6. The number of hydrogen-bond donors (Lipinski definition) is 2. The van der Waals surface area contributed by atoms with E-state index in [2.05, 4.69) is 9.46 Å². The molecule has 20 heavy (non-hydrogen) atoms. The van der Waals surface area contributed by atoms with Crippen LogP contribution in [0.15, 0.2) is 23.1 Å². The van der Waals surface area contributed by atoms with Gasteiger partial charge in [-0.3, -0.25) is 9.52 Å². The van der Waals surface area contributed by atoms with Gasteiger partial charge >= 0.3 is 5.97 Å². The minimum absolute atomic E-state index is 0.0282. The lowest BCUT2D eigenvalue weighted by atomic mass is 10.2. The van der Waals surface area contributed by atoms with E-state index in [1.165, 1.54) is 25.1 Å². The summed E-state index contributed by atoms with van der Waals surface area (Å²) in [5, 5.41) is 5.01. The molecule has 0 atom stereocenters. The highest BCUT2D eigenvalue weighted by atomic mass is 32.2. The fraction of sp³-hybridized carbons (Fsp3) is 0.300. The highest BCUT2D eigenvalue weighted by Crippen LogP contribution is 2.22. The summed E-state index contributed by atoms with van der Waals surface area (Å²) in [5.74, 6) is -1.81. The highest BCUT2D eigenvalue weighted by molar-refractivity contribution is 7.93. The maximum atomic E-state index is 11.7. The number of benzene rings is 1. The monoisotopic (exact) mass is 322 g/mol. The van der Waals surface area contributed by atoms with Crippen LogP contribution in [0.5, 0.6) is 0 Å². The van der Waals surface area contributed by atoms with Crippen molar-refractivity contribution < 1.29 is 26.4 Å². The predicted molar refractivity (Wildman–Crippen MR) is 72.0 cm³/mol. The lowest BCUT2D eigenvalue weighted by Gasteiger charge is -2.12. The van der Waals surface area contributed by atoms with Crippen LogP contribution in [0.4, 0.5) is 5.69 Å². The molecule has 0 unspecified atom stereocenters. The molecule has 0 aliphatic carbocycles. The number of carbonyl (C=O) groups is 1. The van der Waals surface area contributed by atoms with Crippen molar-refractivity contribution in [2.75, 3.05) is 17.6 Å². The second-order valence-corrected chi connectivity index (χ2v) is 7.16. The SMILES string of the molecule is COC(=O)CS(=O)(=O)Nc1cccc(S(N)(=O)=O)c1C. The van der Waals surface area contributed by atoms with Gasteiger partial charge in [-0.25, -0.2) is 22.0 Å². The van der Waals surface area contributed by atoms with Crippen LogP contribution < -0.4 is 9.86 Å². The van der Waals surface area contributed by atoms with Gasteiger partial charge in [-0.15, -0.1) is 0 Å². The molecule has 0 amide bonds. The Kier molecular flexibility index (Phi) is 4.73. The molecule has 0 fully saturated rings. The number of rotatable bonds is 5. The van der Waals surface area contributed by atoms with E-state index < -0.39 is 31.8 Å². The van der Waals surface area contributed by atoms with Gasteiger partial charge in [0, 0.05) is 0 Å². The van der Waals surface area contributed by atoms with Crippen LogP contribution in [-0.2, 0) is 29.6 Å². The molecule has 0 saturated heterocycles. The van der Waals surface area contributed by atoms with E-state index in [-0.39, 0.29) is 16.1 Å². The van der Waals surface area contributed by atoms with Crippen LogP contribution in [0.25, 0.3) is 0 Å². The number of esters is 1. The Labute approximate surface area is 117 Å². The van der Waals surface area contributed by atoms with E-state index in [1.807, 2.05) is 0 Å². The van der Waals surface area contributed by atoms with Gasteiger partial charge in [0.2, 0.25) is 20.0 Å². The molecule has 0 aliphatic rings. The molecule has 10 heteroatoms. The molecular weight excluding hydrogens is 308 g/mol. The van der Waals surface area contributed by atoms with Gasteiger partial charge in [0.05, 0.1) is 17.7 Å². The lowest BCUT2D eigenvalue weighted by molar-refractivity contribution is -0.137. The molecule has 0 heterocycles. The largest absolute Gasteiger partial charge is 0.468 e. The summed E-state index contributed by atoms with van der Waals surface area (Å²) >= 11 is 0. The summed E-state index contributed by atoms with van der Waals surface area (Å²) in [6.07, 6.45) is 0. The van der Waals surface area contributed by atoms with E-state index in [0.29, 0.717) is 0 Å². The molecule has 0 saturated carbocycles. The number of anilines is 1. The number of nitrogens with one attached hydrogen (secondary N) is 1. The Morgan fingerprint density at radius 3 is 2.40 bits per heavy atom. The Hall–Kier alpha value is -1.65. The minimum Gasteiger partial charge on any atom is -0.468 e. The van der Waals surface area contributed by atoms with Crippen molar-refractivity contribution in [1.29, 1.82) is 0 Å². The van der Waals surface area contributed by atoms with Gasteiger partial charge in [0.15, 0.2) is 5.75 Å². The molecule has 1 aromatic rings. The average molecular weight is 322 g/mol. The normalized spacial score (nSPS) is 11.9. The van der Waals surface area contributed by atoms with Crippen LogP contribution in [0.2, 0.25) is 0 Å². The fourth-order valence-electron chi connectivity index (χ4n) is 1.45. The van der Waals surface area contributed by atoms with Crippen LogP contribution in [0.3, 0.4) is 0 Å². The van der Waals surface area contributed by atoms with Crippen LogP contribution >= 0.6 is 0 Å². The Balaban J connectivity index is 3.15. The third-order valence-electron chi connectivity index (χ3n) is 2.39. The van der Waals surface area contributed by atoms with Gasteiger partial charge < -0.3 is 4.74 Å². The Bertz CT molecular complexity index is 724. The molecule has 0 radical (unpaired) electrons. The zero-order valence-electron chi connectivity index (χ0n) is 10.8. The summed E-state index contributed by atoms with van der Waals surface area (Å²) in [7, 11) is -6.90. The van der Waals surface area contributed by atoms with Gasteiger partial charge in [0.1, 0.15) is 0 Å². The first-order valence-electron chi connectivity index (χ1n) is 5.26. The summed E-state index contributed by atoms with van der Waals surface area (Å²) < 4.78 is 52.4. The molecule has 8 nitrogen and oxygen atoms in total. The molecule has 0 spiro atoms. The highest BCUT2D eigenvalue weighted by Gasteiger charge is 2.20. The fourth-order valence-corrected chi connectivity index (χ4v) is 3.31. The number of carbonyl (C=O) groups excluding carboxylic acids is 1. The molecule has 1 rings (SSSR count). The minimum atomic E-state index is -3.99. The maximum Gasteiger partial charge on any atom is 0.322 e. The van der Waals surface area contributed by atoms with Crippen LogP contribution in [-0.4, -0.2) is 35.7 Å². The first-order valence-corrected chi connectivity index (χ1v) is 8.46. The van der Waals surface area contributed by atoms with Crippen molar-refractivity contribution in [1.82, 2.24) is 0 Å². The smallest absolute Gasteiger partial charge is 0.322 e. The Morgan fingerprint density at radius 2 is 1.90 bits per heavy atom. The van der Waals surface area contributed by atoms with Crippen molar-refractivity contribution in [2.45, 2.75) is 11.8 Å². The molecule has 0 aromatic heterocycles. The number of sulfonamides is 2. The first kappa shape index (κ1) is 16.4. The molecule has 0 aliphatic heterocycles. The topological polar surface area (TPSA) is 133 Å². The van der Waals surface area contributed by atoms with Crippen molar-refractivity contribution in [3.05, 3.63) is 23.8 Å². The number of ether oxygens (including phenoxy) is 1. The molecule has 3 N–H and O–H groups in total. The number of methoxy groups -OCH3 is 1. The molecule has 1 aromatic carbocycles. The van der Waals surface area contributed by atoms with Crippen molar-refractivity contribution >= 4 is 31.7 Å². The van der Waals surface area contributed by atoms with E-state index >= 15 is 0 Å². The van der Waals surface area contributed by atoms with E-state index in [4.69, 9.17) is 5.14 Å². The summed E-state index contributed by atoms with van der Waals surface area (Å²) in [4.78, 5) is 10.8. The van der Waals surface area contributed by atoms with Crippen molar-refractivity contribution in [2.24, 2.45) is 5.14 Å². The third kappa shape index (κ3) is 4.18. The van der Waals surface area contributed by atoms with Crippen LogP contribution in [0, 0.1) is 6.92 Å². The standard InChI is InChI=1S/C10H14N2O6S2/c1-7-8(4-3-5-9(7)20(11,16)17)12-19(14,15)6-10(13)18-2/h3-5,12H,6H2,1-2H3,(H2,11,16,17). The number of nitrogens with two attached hydrogens (primary N) is 1. The predicted octanol–water partition coefficient (Wildman–Crippen LogP) is -0.443. The van der Waals surface area contributed by atoms with Gasteiger partial charge in [0.25, 0.3) is 0 Å². The zero-order chi connectivity index (χ0) is 15.6. The van der Waals surface area contributed by atoms with E-state index in [0.717, 1.165) is 7.11 Å². The Morgan fingerprint density at radius 1 is 1.30 bits per heavy atom. The van der Waals surface area contributed by atoms with Crippen LogP contribution in [0.1, 0.15) is 5.56 Å².